The molecular weight excluding hydrogens is 348 g/mol. The number of hydrogen-bond donors (Lipinski definition) is 1. The fraction of sp³-hybridized carbons (Fsp3) is 0.235. The molecular formula is C17H15F2N3O4. The molecule has 3 rings (SSSR count). The Morgan fingerprint density at radius 3 is 2.42 bits per heavy atom. The van der Waals surface area contributed by atoms with E-state index in [9.17, 15) is 23.7 Å². The number of benzene rings is 2. The molecule has 0 radical (unpaired) electrons. The average Bonchev–Trinajstić information content (AvgIpc) is 2.65. The first-order chi connectivity index (χ1) is 12.5. The van der Waals surface area contributed by atoms with Gasteiger partial charge in [-0.3, -0.25) is 14.9 Å². The van der Waals surface area contributed by atoms with Gasteiger partial charge in [0.05, 0.1) is 29.4 Å². The maximum atomic E-state index is 13.8. The first kappa shape index (κ1) is 17.7. The number of anilines is 2. The molecule has 2 aromatic carbocycles. The third-order valence-electron chi connectivity index (χ3n) is 3.99. The molecule has 1 aliphatic heterocycles. The van der Waals surface area contributed by atoms with Crippen LogP contribution >= 0.6 is 0 Å². The number of para-hydroxylation sites is 1. The van der Waals surface area contributed by atoms with Crippen LogP contribution in [-0.2, 0) is 4.74 Å². The summed E-state index contributed by atoms with van der Waals surface area (Å²) < 4.78 is 32.9. The van der Waals surface area contributed by atoms with Crippen LogP contribution in [0, 0.1) is 21.7 Å². The van der Waals surface area contributed by atoms with Gasteiger partial charge in [0.25, 0.3) is 11.6 Å². The van der Waals surface area contributed by atoms with E-state index in [4.69, 9.17) is 4.74 Å². The Labute approximate surface area is 147 Å². The van der Waals surface area contributed by atoms with E-state index in [0.717, 1.165) is 18.2 Å². The number of hydrogen-bond acceptors (Lipinski definition) is 5. The van der Waals surface area contributed by atoms with Gasteiger partial charge in [0.15, 0.2) is 0 Å². The predicted molar refractivity (Wildman–Crippen MR) is 90.4 cm³/mol. The maximum absolute atomic E-state index is 13.8. The number of carbonyl (C=O) groups is 1. The van der Waals surface area contributed by atoms with Crippen molar-refractivity contribution in [3.8, 4) is 0 Å². The van der Waals surface area contributed by atoms with Crippen molar-refractivity contribution in [2.24, 2.45) is 0 Å². The molecule has 0 atom stereocenters. The first-order valence-corrected chi connectivity index (χ1v) is 7.84. The van der Waals surface area contributed by atoms with Gasteiger partial charge in [-0.2, -0.15) is 0 Å². The van der Waals surface area contributed by atoms with Crippen molar-refractivity contribution in [3.63, 3.8) is 0 Å². The summed E-state index contributed by atoms with van der Waals surface area (Å²) in [4.78, 5) is 24.9. The fourth-order valence-electron chi connectivity index (χ4n) is 2.70. The quantitative estimate of drug-likeness (QED) is 0.667. The number of non-ortho nitro benzene ring substituents is 1. The van der Waals surface area contributed by atoms with E-state index in [-0.39, 0.29) is 11.3 Å². The molecule has 0 saturated carbocycles. The van der Waals surface area contributed by atoms with Crippen LogP contribution in [0.15, 0.2) is 36.4 Å². The van der Waals surface area contributed by atoms with Gasteiger partial charge >= 0.3 is 0 Å². The summed E-state index contributed by atoms with van der Waals surface area (Å²) in [5.74, 6) is -2.70. The van der Waals surface area contributed by atoms with Crippen molar-refractivity contribution in [2.75, 3.05) is 36.5 Å². The smallest absolute Gasteiger partial charge is 0.270 e. The lowest BCUT2D eigenvalue weighted by atomic mass is 10.1. The molecule has 2 aromatic rings. The lowest BCUT2D eigenvalue weighted by Crippen LogP contribution is -2.37. The molecule has 0 bridgehead atoms. The minimum Gasteiger partial charge on any atom is -0.378 e. The minimum atomic E-state index is -0.934. The Bertz CT molecular complexity index is 834. The van der Waals surface area contributed by atoms with Gasteiger partial charge in [-0.15, -0.1) is 0 Å². The van der Waals surface area contributed by atoms with Crippen molar-refractivity contribution in [3.05, 3.63) is 63.7 Å². The minimum absolute atomic E-state index is 0.0382. The number of amides is 1. The van der Waals surface area contributed by atoms with Crippen molar-refractivity contribution in [1.29, 1.82) is 0 Å². The zero-order valence-electron chi connectivity index (χ0n) is 13.6. The topological polar surface area (TPSA) is 84.7 Å². The molecule has 0 aromatic heterocycles. The van der Waals surface area contributed by atoms with Crippen molar-refractivity contribution in [2.45, 2.75) is 0 Å². The van der Waals surface area contributed by atoms with E-state index in [1.54, 1.807) is 0 Å². The number of nitro benzene ring substituents is 1. The molecule has 1 amide bonds. The predicted octanol–water partition coefficient (Wildman–Crippen LogP) is 2.96. The zero-order chi connectivity index (χ0) is 18.7. The summed E-state index contributed by atoms with van der Waals surface area (Å²) in [5, 5.41) is 13.2. The summed E-state index contributed by atoms with van der Waals surface area (Å²) in [6, 6.07) is 7.02. The van der Waals surface area contributed by atoms with E-state index in [0.29, 0.717) is 32.0 Å². The number of ether oxygens (including phenoxy) is 1. The van der Waals surface area contributed by atoms with E-state index < -0.39 is 28.2 Å². The molecule has 0 unspecified atom stereocenters. The molecule has 9 heteroatoms. The highest BCUT2D eigenvalue weighted by molar-refractivity contribution is 6.08. The van der Waals surface area contributed by atoms with Gasteiger partial charge in [0.1, 0.15) is 17.3 Å². The third kappa shape index (κ3) is 3.62. The molecule has 1 heterocycles. The van der Waals surface area contributed by atoms with E-state index in [1.165, 1.54) is 18.2 Å². The third-order valence-corrected chi connectivity index (χ3v) is 3.99. The standard InChI is InChI=1S/C17H15F2N3O4/c18-13-2-1-3-14(19)16(13)20-17(23)12-10-11(22(24)25)4-5-15(12)21-6-8-26-9-7-21/h1-5,10H,6-9H2,(H,20,23). The molecule has 1 fully saturated rings. The second-order valence-electron chi connectivity index (χ2n) is 5.61. The molecule has 7 nitrogen and oxygen atoms in total. The van der Waals surface area contributed by atoms with Crippen LogP contribution < -0.4 is 10.2 Å². The monoisotopic (exact) mass is 363 g/mol. The Hall–Kier alpha value is -3.07. The first-order valence-electron chi connectivity index (χ1n) is 7.84. The molecule has 0 aliphatic carbocycles. The van der Waals surface area contributed by atoms with Gasteiger partial charge in [0, 0.05) is 25.2 Å². The molecule has 26 heavy (non-hydrogen) atoms. The second-order valence-corrected chi connectivity index (χ2v) is 5.61. The lowest BCUT2D eigenvalue weighted by molar-refractivity contribution is -0.384. The number of rotatable bonds is 4. The van der Waals surface area contributed by atoms with Gasteiger partial charge < -0.3 is 15.0 Å². The highest BCUT2D eigenvalue weighted by Gasteiger charge is 2.23. The normalized spacial score (nSPS) is 14.2. The van der Waals surface area contributed by atoms with Crippen LogP contribution in [0.1, 0.15) is 10.4 Å². The summed E-state index contributed by atoms with van der Waals surface area (Å²) >= 11 is 0. The Morgan fingerprint density at radius 2 is 1.81 bits per heavy atom. The van der Waals surface area contributed by atoms with Gasteiger partial charge in [-0.05, 0) is 18.2 Å². The lowest BCUT2D eigenvalue weighted by Gasteiger charge is -2.30. The highest BCUT2D eigenvalue weighted by atomic mass is 19.1. The second kappa shape index (κ2) is 7.44. The number of carbonyl (C=O) groups excluding carboxylic acids is 1. The number of nitrogens with zero attached hydrogens (tertiary/aromatic N) is 2. The summed E-state index contributed by atoms with van der Waals surface area (Å²) in [5.41, 5.74) is -0.491. The zero-order valence-corrected chi connectivity index (χ0v) is 13.6. The van der Waals surface area contributed by atoms with Gasteiger partial charge in [-0.25, -0.2) is 8.78 Å². The summed E-state index contributed by atoms with van der Waals surface area (Å²) in [6.45, 7) is 1.87. The fourth-order valence-corrected chi connectivity index (χ4v) is 2.70. The van der Waals surface area contributed by atoms with Crippen molar-refractivity contribution < 1.29 is 23.2 Å². The largest absolute Gasteiger partial charge is 0.378 e. The van der Waals surface area contributed by atoms with E-state index >= 15 is 0 Å². The van der Waals surface area contributed by atoms with Crippen LogP contribution in [0.3, 0.4) is 0 Å². The number of nitro groups is 1. The van der Waals surface area contributed by atoms with Gasteiger partial charge in [-0.1, -0.05) is 6.07 Å². The van der Waals surface area contributed by atoms with Crippen molar-refractivity contribution in [1.82, 2.24) is 0 Å². The molecule has 1 saturated heterocycles. The van der Waals surface area contributed by atoms with Crippen molar-refractivity contribution >= 4 is 23.0 Å². The summed E-state index contributed by atoms with van der Waals surface area (Å²) in [6.07, 6.45) is 0. The Balaban J connectivity index is 1.98. The van der Waals surface area contributed by atoms with E-state index in [1.807, 2.05) is 4.90 Å². The SMILES string of the molecule is O=C(Nc1c(F)cccc1F)c1cc([N+](=O)[O-])ccc1N1CCOCC1. The molecule has 136 valence electrons. The molecule has 1 N–H and O–H groups in total. The number of morpholine rings is 1. The van der Waals surface area contributed by atoms with E-state index in [2.05, 4.69) is 5.32 Å². The average molecular weight is 363 g/mol. The van der Waals surface area contributed by atoms with Crippen LogP contribution in [0.25, 0.3) is 0 Å². The van der Waals surface area contributed by atoms with Crippen LogP contribution in [-0.4, -0.2) is 37.1 Å². The van der Waals surface area contributed by atoms with Crippen LogP contribution in [0.2, 0.25) is 0 Å². The number of halogens is 2. The highest BCUT2D eigenvalue weighted by Crippen LogP contribution is 2.28. The van der Waals surface area contributed by atoms with Gasteiger partial charge in [0.2, 0.25) is 0 Å². The maximum Gasteiger partial charge on any atom is 0.270 e. The Kier molecular flexibility index (Phi) is 5.08. The summed E-state index contributed by atoms with van der Waals surface area (Å²) in [7, 11) is 0. The molecule has 1 aliphatic rings. The molecule has 0 spiro atoms. The Morgan fingerprint density at radius 1 is 1.15 bits per heavy atom. The van der Waals surface area contributed by atoms with Crippen LogP contribution in [0.4, 0.5) is 25.8 Å². The van der Waals surface area contributed by atoms with Crippen LogP contribution in [0.5, 0.6) is 0 Å². The number of nitrogens with one attached hydrogen (secondary N) is 1.